The Hall–Kier alpha value is -1.96. The van der Waals surface area contributed by atoms with Crippen LogP contribution in [0.2, 0.25) is 0 Å². The van der Waals surface area contributed by atoms with Crippen molar-refractivity contribution >= 4 is 0 Å². The summed E-state index contributed by atoms with van der Waals surface area (Å²) in [5.74, 6) is 1.63. The second kappa shape index (κ2) is 7.47. The number of hydrogen-bond donors (Lipinski definition) is 0. The van der Waals surface area contributed by atoms with Crippen molar-refractivity contribution in [2.24, 2.45) is 0 Å². The second-order valence-electron chi connectivity index (χ2n) is 4.23. The minimum absolute atomic E-state index is 0.159. The van der Waals surface area contributed by atoms with Gasteiger partial charge in [0.2, 0.25) is 0 Å². The molecule has 0 aliphatic carbocycles. The van der Waals surface area contributed by atoms with E-state index in [0.29, 0.717) is 0 Å². The molecular formula is C17H23NO. The van der Waals surface area contributed by atoms with Crippen molar-refractivity contribution in [1.82, 2.24) is 4.90 Å². The van der Waals surface area contributed by atoms with Crippen LogP contribution < -0.4 is 0 Å². The number of rotatable bonds is 3. The van der Waals surface area contributed by atoms with E-state index < -0.39 is 0 Å². The maximum Gasteiger partial charge on any atom is 0.146 e. The molecule has 1 unspecified atom stereocenters. The minimum Gasteiger partial charge on any atom is -0.456 e. The summed E-state index contributed by atoms with van der Waals surface area (Å²) in [4.78, 5) is 2.19. The average Bonchev–Trinajstić information content (AvgIpc) is 2.55. The number of likely N-dealkylation sites (N-methyl/N-ethyl adjacent to an activating group) is 1. The highest BCUT2D eigenvalue weighted by Crippen LogP contribution is 2.26. The molecule has 0 N–H and O–H groups in total. The molecule has 0 aromatic rings. The molecule has 0 spiro atoms. The molecule has 0 saturated heterocycles. The van der Waals surface area contributed by atoms with E-state index >= 15 is 0 Å². The number of ether oxygens (including phenoxy) is 1. The Morgan fingerprint density at radius 2 is 2.00 bits per heavy atom. The van der Waals surface area contributed by atoms with Crippen LogP contribution in [0.15, 0.2) is 72.4 Å². The second-order valence-corrected chi connectivity index (χ2v) is 4.23. The van der Waals surface area contributed by atoms with Gasteiger partial charge in [0.05, 0.1) is 11.7 Å². The molecule has 1 heterocycles. The molecule has 1 atom stereocenters. The van der Waals surface area contributed by atoms with Gasteiger partial charge in [-0.2, -0.15) is 0 Å². The average molecular weight is 257 g/mol. The van der Waals surface area contributed by atoms with Crippen LogP contribution in [0.4, 0.5) is 0 Å². The van der Waals surface area contributed by atoms with Crippen molar-refractivity contribution in [3.63, 3.8) is 0 Å². The Balaban J connectivity index is 3.29. The van der Waals surface area contributed by atoms with E-state index in [4.69, 9.17) is 4.74 Å². The van der Waals surface area contributed by atoms with Crippen molar-refractivity contribution in [3.05, 3.63) is 72.4 Å². The van der Waals surface area contributed by atoms with E-state index in [1.54, 1.807) is 6.08 Å². The van der Waals surface area contributed by atoms with Gasteiger partial charge in [-0.05, 0) is 45.1 Å². The molecule has 0 aromatic carbocycles. The third kappa shape index (κ3) is 3.75. The molecule has 19 heavy (non-hydrogen) atoms. The first-order valence-electron chi connectivity index (χ1n) is 6.55. The molecule has 0 bridgehead atoms. The van der Waals surface area contributed by atoms with Gasteiger partial charge in [-0.3, -0.25) is 0 Å². The van der Waals surface area contributed by atoms with Gasteiger partial charge in [0.25, 0.3) is 0 Å². The topological polar surface area (TPSA) is 12.5 Å². The molecule has 0 saturated carbocycles. The van der Waals surface area contributed by atoms with Crippen LogP contribution in [0.25, 0.3) is 0 Å². The van der Waals surface area contributed by atoms with Crippen molar-refractivity contribution in [2.75, 3.05) is 7.05 Å². The van der Waals surface area contributed by atoms with Crippen molar-refractivity contribution in [2.45, 2.75) is 26.8 Å². The molecule has 1 aliphatic heterocycles. The summed E-state index contributed by atoms with van der Waals surface area (Å²) >= 11 is 0. The summed E-state index contributed by atoms with van der Waals surface area (Å²) in [6, 6.07) is 0.159. The lowest BCUT2D eigenvalue weighted by atomic mass is 10.2. The Labute approximate surface area is 116 Å². The van der Waals surface area contributed by atoms with Gasteiger partial charge in [0.15, 0.2) is 0 Å². The summed E-state index contributed by atoms with van der Waals surface area (Å²) in [6.45, 7) is 9.80. The number of nitrogens with zero attached hydrogens (tertiary/aromatic N) is 1. The van der Waals surface area contributed by atoms with Gasteiger partial charge in [-0.1, -0.05) is 30.9 Å². The third-order valence-corrected chi connectivity index (χ3v) is 2.94. The van der Waals surface area contributed by atoms with E-state index in [0.717, 1.165) is 17.2 Å². The lowest BCUT2D eigenvalue weighted by molar-refractivity contribution is 0.310. The zero-order chi connectivity index (χ0) is 14.3. The fraction of sp³-hybridized carbons (Fsp3) is 0.294. The quantitative estimate of drug-likeness (QED) is 0.698. The third-order valence-electron chi connectivity index (χ3n) is 2.94. The highest BCUT2D eigenvalue weighted by atomic mass is 16.5. The standard InChI is InChI=1S/C17H23NO/c1-6-10-12-16-17(9-4)19-15(8-3)13-14(11-7-2)18(16)5/h6-14H,3H2,1-2,4-5H3/b10-6-,11-7-,16-12+,17-9+. The maximum atomic E-state index is 5.89. The lowest BCUT2D eigenvalue weighted by Crippen LogP contribution is -2.27. The van der Waals surface area contributed by atoms with Gasteiger partial charge < -0.3 is 9.64 Å². The first-order chi connectivity index (χ1) is 9.17. The Morgan fingerprint density at radius 1 is 1.26 bits per heavy atom. The van der Waals surface area contributed by atoms with Crippen molar-refractivity contribution in [3.8, 4) is 0 Å². The maximum absolute atomic E-state index is 5.89. The molecule has 102 valence electrons. The van der Waals surface area contributed by atoms with Crippen LogP contribution in [-0.4, -0.2) is 18.0 Å². The molecular weight excluding hydrogens is 234 g/mol. The predicted molar refractivity (Wildman–Crippen MR) is 82.4 cm³/mol. The predicted octanol–water partition coefficient (Wildman–Crippen LogP) is 4.33. The fourth-order valence-electron chi connectivity index (χ4n) is 1.91. The van der Waals surface area contributed by atoms with Gasteiger partial charge >= 0.3 is 0 Å². The molecule has 0 amide bonds. The monoisotopic (exact) mass is 257 g/mol. The Kier molecular flexibility index (Phi) is 5.94. The highest BCUT2D eigenvalue weighted by Gasteiger charge is 2.21. The zero-order valence-electron chi connectivity index (χ0n) is 12.3. The van der Waals surface area contributed by atoms with Gasteiger partial charge in [-0.15, -0.1) is 0 Å². The smallest absolute Gasteiger partial charge is 0.146 e. The van der Waals surface area contributed by atoms with Crippen LogP contribution in [-0.2, 0) is 4.74 Å². The number of allylic oxidation sites excluding steroid dienone is 6. The summed E-state index contributed by atoms with van der Waals surface area (Å²) in [6.07, 6.45) is 16.0. The first-order valence-corrected chi connectivity index (χ1v) is 6.55. The SMILES string of the molecule is C=CC1=CC(/C=C\C)N(C)C(=C/C=C\C)/C(=C\C)O1. The highest BCUT2D eigenvalue weighted by molar-refractivity contribution is 5.35. The van der Waals surface area contributed by atoms with E-state index in [2.05, 4.69) is 36.8 Å². The number of hydrogen-bond acceptors (Lipinski definition) is 2. The normalized spacial score (nSPS) is 24.9. The lowest BCUT2D eigenvalue weighted by Gasteiger charge is -2.25. The molecule has 0 fully saturated rings. The van der Waals surface area contributed by atoms with Crippen LogP contribution in [0.1, 0.15) is 20.8 Å². The van der Waals surface area contributed by atoms with Gasteiger partial charge in [0.1, 0.15) is 11.5 Å². The van der Waals surface area contributed by atoms with Crippen LogP contribution in [0, 0.1) is 0 Å². The van der Waals surface area contributed by atoms with Crippen molar-refractivity contribution < 1.29 is 4.74 Å². The van der Waals surface area contributed by atoms with E-state index in [1.807, 2.05) is 45.1 Å². The molecule has 0 radical (unpaired) electrons. The largest absolute Gasteiger partial charge is 0.456 e. The molecule has 0 aromatic heterocycles. The summed E-state index contributed by atoms with van der Waals surface area (Å²) in [7, 11) is 2.06. The van der Waals surface area contributed by atoms with Crippen molar-refractivity contribution in [1.29, 1.82) is 0 Å². The molecule has 1 rings (SSSR count). The fourth-order valence-corrected chi connectivity index (χ4v) is 1.91. The van der Waals surface area contributed by atoms with Gasteiger partial charge in [0, 0.05) is 7.05 Å². The summed E-state index contributed by atoms with van der Waals surface area (Å²) in [5.41, 5.74) is 1.05. The Bertz CT molecular complexity index is 464. The summed E-state index contributed by atoms with van der Waals surface area (Å²) in [5, 5.41) is 0. The Morgan fingerprint density at radius 3 is 2.53 bits per heavy atom. The van der Waals surface area contributed by atoms with Crippen LogP contribution in [0.5, 0.6) is 0 Å². The van der Waals surface area contributed by atoms with E-state index in [-0.39, 0.29) is 6.04 Å². The van der Waals surface area contributed by atoms with E-state index in [9.17, 15) is 0 Å². The molecule has 1 aliphatic rings. The van der Waals surface area contributed by atoms with E-state index in [1.165, 1.54) is 0 Å². The molecule has 2 heteroatoms. The van der Waals surface area contributed by atoms with Crippen LogP contribution >= 0.6 is 0 Å². The van der Waals surface area contributed by atoms with Gasteiger partial charge in [-0.25, -0.2) is 0 Å². The minimum atomic E-state index is 0.159. The summed E-state index contributed by atoms with van der Waals surface area (Å²) < 4.78 is 5.89. The van der Waals surface area contributed by atoms with Crippen LogP contribution in [0.3, 0.4) is 0 Å². The first kappa shape index (κ1) is 15.1. The molecule has 2 nitrogen and oxygen atoms in total. The zero-order valence-corrected chi connectivity index (χ0v) is 12.3.